The number of nitrogens with one attached hydrogen (secondary N) is 1. The summed E-state index contributed by atoms with van der Waals surface area (Å²) >= 11 is 0. The van der Waals surface area contributed by atoms with Gasteiger partial charge in [-0.05, 0) is 90.2 Å². The summed E-state index contributed by atoms with van der Waals surface area (Å²) < 4.78 is 7.04. The van der Waals surface area contributed by atoms with Crippen LogP contribution in [0.3, 0.4) is 0 Å². The van der Waals surface area contributed by atoms with Crippen molar-refractivity contribution in [2.45, 2.75) is 57.8 Å². The zero-order valence-corrected chi connectivity index (χ0v) is 34.6. The third kappa shape index (κ3) is 5.18. The first-order valence-corrected chi connectivity index (χ1v) is 20.9. The van der Waals surface area contributed by atoms with Crippen LogP contribution >= 0.6 is 0 Å². The zero-order chi connectivity index (χ0) is 40.3. The summed E-state index contributed by atoms with van der Waals surface area (Å²) in [5.74, 6) is 0. The predicted octanol–water partition coefficient (Wildman–Crippen LogP) is 15.6. The molecule has 286 valence electrons. The number of para-hydroxylation sites is 1. The van der Waals surface area contributed by atoms with Crippen LogP contribution in [0.1, 0.15) is 74.9 Å². The summed E-state index contributed by atoms with van der Waals surface area (Å²) in [4.78, 5) is 0. The number of rotatable bonds is 4. The lowest BCUT2D eigenvalue weighted by molar-refractivity contribution is 0.586. The van der Waals surface area contributed by atoms with Gasteiger partial charge >= 0.3 is 0 Å². The lowest BCUT2D eigenvalue weighted by atomic mass is 9.69. The van der Waals surface area contributed by atoms with Gasteiger partial charge < -0.3 is 9.73 Å². The molecule has 59 heavy (non-hydrogen) atoms. The molecule has 0 fully saturated rings. The minimum absolute atomic E-state index is 0.00303. The van der Waals surface area contributed by atoms with Crippen molar-refractivity contribution >= 4 is 33.3 Å². The van der Waals surface area contributed by atoms with Gasteiger partial charge in [-0.2, -0.15) is 0 Å². The van der Waals surface area contributed by atoms with Crippen molar-refractivity contribution in [1.82, 2.24) is 0 Å². The van der Waals surface area contributed by atoms with Crippen molar-refractivity contribution < 1.29 is 4.42 Å². The average molecular weight is 762 g/mol. The van der Waals surface area contributed by atoms with Gasteiger partial charge in [-0.25, -0.2) is 0 Å². The highest BCUT2D eigenvalue weighted by atomic mass is 16.3. The molecule has 1 aromatic heterocycles. The molecule has 0 saturated carbocycles. The van der Waals surface area contributed by atoms with Gasteiger partial charge in [-0.1, -0.05) is 193 Å². The molecule has 0 amide bonds. The van der Waals surface area contributed by atoms with Gasteiger partial charge in [-0.3, -0.25) is 0 Å². The molecule has 2 aliphatic rings. The Morgan fingerprint density at radius 1 is 0.407 bits per heavy atom. The fraction of sp³-hybridized carbons (Fsp3) is 0.158. The van der Waals surface area contributed by atoms with Crippen molar-refractivity contribution in [1.29, 1.82) is 0 Å². The molecule has 0 saturated heterocycles. The highest BCUT2D eigenvalue weighted by molar-refractivity contribution is 6.18. The summed E-state index contributed by atoms with van der Waals surface area (Å²) in [6, 6.07) is 62.7. The van der Waals surface area contributed by atoms with Gasteiger partial charge in [0.2, 0.25) is 0 Å². The van der Waals surface area contributed by atoms with E-state index in [0.29, 0.717) is 0 Å². The third-order valence-electron chi connectivity index (χ3n) is 13.0. The summed E-state index contributed by atoms with van der Waals surface area (Å²) in [6.45, 7) is 14.0. The first-order chi connectivity index (χ1) is 28.5. The van der Waals surface area contributed by atoms with Gasteiger partial charge in [-0.15, -0.1) is 0 Å². The van der Waals surface area contributed by atoms with Gasteiger partial charge in [0.25, 0.3) is 0 Å². The van der Waals surface area contributed by atoms with E-state index in [4.69, 9.17) is 4.42 Å². The molecule has 0 unspecified atom stereocenters. The number of hydrogen-bond acceptors (Lipinski definition) is 2. The van der Waals surface area contributed by atoms with Gasteiger partial charge in [0.15, 0.2) is 0 Å². The largest absolute Gasteiger partial charge is 0.455 e. The smallest absolute Gasteiger partial charge is 0.145 e. The molecular formula is C57H47NO. The predicted molar refractivity (Wildman–Crippen MR) is 248 cm³/mol. The maximum absolute atomic E-state index is 7.04. The minimum Gasteiger partial charge on any atom is -0.455 e. The van der Waals surface area contributed by atoms with Crippen molar-refractivity contribution in [3.8, 4) is 44.5 Å². The van der Waals surface area contributed by atoms with Crippen molar-refractivity contribution in [3.63, 3.8) is 0 Å². The van der Waals surface area contributed by atoms with E-state index in [1.807, 2.05) is 0 Å². The summed E-state index contributed by atoms with van der Waals surface area (Å²) in [5, 5.41) is 6.24. The van der Waals surface area contributed by atoms with E-state index in [0.717, 1.165) is 55.6 Å². The van der Waals surface area contributed by atoms with Crippen molar-refractivity contribution in [2.75, 3.05) is 5.32 Å². The van der Waals surface area contributed by atoms with E-state index in [9.17, 15) is 0 Å². The van der Waals surface area contributed by atoms with Crippen LogP contribution in [0.2, 0.25) is 0 Å². The lowest BCUT2D eigenvalue weighted by Crippen LogP contribution is -2.27. The molecule has 2 nitrogen and oxygen atoms in total. The molecule has 11 rings (SSSR count). The van der Waals surface area contributed by atoms with Crippen LogP contribution in [-0.2, 0) is 16.2 Å². The fourth-order valence-corrected chi connectivity index (χ4v) is 10.1. The van der Waals surface area contributed by atoms with Crippen LogP contribution in [0.5, 0.6) is 0 Å². The fourth-order valence-electron chi connectivity index (χ4n) is 10.1. The Morgan fingerprint density at radius 3 is 1.56 bits per heavy atom. The Balaban J connectivity index is 1.18. The molecule has 9 aromatic rings. The second-order valence-corrected chi connectivity index (χ2v) is 18.6. The monoisotopic (exact) mass is 761 g/mol. The van der Waals surface area contributed by atoms with Crippen LogP contribution < -0.4 is 5.32 Å². The normalized spacial score (nSPS) is 13.7. The highest BCUT2D eigenvalue weighted by Crippen LogP contribution is 2.65. The summed E-state index contributed by atoms with van der Waals surface area (Å²) in [7, 11) is 0. The highest BCUT2D eigenvalue weighted by Gasteiger charge is 2.52. The first-order valence-electron chi connectivity index (χ1n) is 20.9. The quantitative estimate of drug-likeness (QED) is 0.193. The van der Waals surface area contributed by atoms with Crippen LogP contribution in [-0.4, -0.2) is 0 Å². The van der Waals surface area contributed by atoms with E-state index in [2.05, 4.69) is 217 Å². The SMILES string of the molecule is CC(C)(C)c1ccc2c(c1)C1(c3cc(C(C)(C)C)ccc3-2)c2ccccc2-c2c(Nc3ccc(-c4ccccc4)c4oc5c(-c6ccccc6)cccc5c34)cccc21. The number of benzene rings is 8. The topological polar surface area (TPSA) is 25.2 Å². The molecule has 8 aromatic carbocycles. The molecule has 2 heteroatoms. The summed E-state index contributed by atoms with van der Waals surface area (Å²) in [6.07, 6.45) is 0. The molecule has 0 aliphatic heterocycles. The Hall–Kier alpha value is -6.64. The Labute approximate surface area is 347 Å². The van der Waals surface area contributed by atoms with Gasteiger partial charge in [0.1, 0.15) is 11.2 Å². The molecule has 1 heterocycles. The molecule has 0 bridgehead atoms. The number of furan rings is 1. The van der Waals surface area contributed by atoms with E-state index in [1.54, 1.807) is 0 Å². The third-order valence-corrected chi connectivity index (χ3v) is 13.0. The van der Waals surface area contributed by atoms with Crippen LogP contribution in [0.15, 0.2) is 174 Å². The Kier molecular flexibility index (Phi) is 7.63. The Bertz CT molecular complexity index is 3070. The minimum atomic E-state index is -0.476. The second-order valence-electron chi connectivity index (χ2n) is 18.6. The maximum Gasteiger partial charge on any atom is 0.145 e. The summed E-state index contributed by atoms with van der Waals surface area (Å²) in [5.41, 5.74) is 21.1. The van der Waals surface area contributed by atoms with Crippen molar-refractivity contribution in [2.24, 2.45) is 0 Å². The molecule has 1 N–H and O–H groups in total. The zero-order valence-electron chi connectivity index (χ0n) is 34.6. The lowest BCUT2D eigenvalue weighted by Gasteiger charge is -2.33. The molecular weight excluding hydrogens is 715 g/mol. The van der Waals surface area contributed by atoms with Gasteiger partial charge in [0.05, 0.1) is 16.5 Å². The number of fused-ring (bicyclic) bond motifs is 13. The van der Waals surface area contributed by atoms with Crippen LogP contribution in [0, 0.1) is 0 Å². The molecule has 0 radical (unpaired) electrons. The molecule has 1 spiro atoms. The molecule has 2 aliphatic carbocycles. The van der Waals surface area contributed by atoms with E-state index >= 15 is 0 Å². The Morgan fingerprint density at radius 2 is 0.932 bits per heavy atom. The first kappa shape index (κ1) is 35.5. The van der Waals surface area contributed by atoms with Gasteiger partial charge in [0, 0.05) is 27.8 Å². The van der Waals surface area contributed by atoms with Crippen molar-refractivity contribution in [3.05, 3.63) is 203 Å². The van der Waals surface area contributed by atoms with Crippen LogP contribution in [0.25, 0.3) is 66.4 Å². The number of hydrogen-bond donors (Lipinski definition) is 1. The van der Waals surface area contributed by atoms with E-state index in [-0.39, 0.29) is 10.8 Å². The van der Waals surface area contributed by atoms with Crippen LogP contribution in [0.4, 0.5) is 11.4 Å². The number of anilines is 2. The van der Waals surface area contributed by atoms with E-state index in [1.165, 1.54) is 55.6 Å². The van der Waals surface area contributed by atoms with E-state index < -0.39 is 5.41 Å². The second kappa shape index (κ2) is 12.7. The molecule has 0 atom stereocenters. The average Bonchev–Trinajstić information content (AvgIpc) is 3.88. The standard InChI is InChI=1S/C57H47NO/c1-55(2,3)37-27-29-41-42-30-28-38(56(4,5)6)34-48(42)57(47(41)33-37)45-24-14-13-21-43(45)51-46(57)25-16-26-49(51)58-50-32-31-40(36-19-11-8-12-20-36)54-52(50)44-23-15-22-39(53(44)59-54)35-17-9-7-10-18-35/h7-34,58H,1-6H3. The maximum atomic E-state index is 7.04.